The molecule has 0 heterocycles. The van der Waals surface area contributed by atoms with Crippen LogP contribution in [0.3, 0.4) is 0 Å². The Labute approximate surface area is 153 Å². The van der Waals surface area contributed by atoms with Crippen molar-refractivity contribution in [2.24, 2.45) is 5.10 Å². The zero-order valence-corrected chi connectivity index (χ0v) is 14.4. The molecule has 134 valence electrons. The Morgan fingerprint density at radius 2 is 1.88 bits per heavy atom. The van der Waals surface area contributed by atoms with Gasteiger partial charge < -0.3 is 4.74 Å². The molecule has 0 spiro atoms. The van der Waals surface area contributed by atoms with Gasteiger partial charge in [-0.25, -0.2) is 13.2 Å². The fourth-order valence-electron chi connectivity index (χ4n) is 2.19. The molecule has 1 N–H and O–H groups in total. The van der Waals surface area contributed by atoms with E-state index < -0.39 is 23.2 Å². The second-order valence-corrected chi connectivity index (χ2v) is 5.65. The highest BCUT2D eigenvalue weighted by atomic mass is 35.5. The third kappa shape index (κ3) is 4.55. The van der Waals surface area contributed by atoms with Crippen molar-refractivity contribution in [1.82, 2.24) is 5.43 Å². The van der Waals surface area contributed by atoms with E-state index in [0.717, 1.165) is 0 Å². The standard InChI is InChI=1S/C18H13ClF3N3O/c1-10(17(8-23)25-24-2)12-3-11(4-13(19)5-12)9-26-18-15(21)6-14(20)7-16(18)22/h3-7,25H,2,9H2,1H3/b17-10+. The fourth-order valence-corrected chi connectivity index (χ4v) is 2.45. The van der Waals surface area contributed by atoms with Crippen LogP contribution in [-0.2, 0) is 6.61 Å². The normalized spacial score (nSPS) is 11.4. The molecule has 0 fully saturated rings. The predicted molar refractivity (Wildman–Crippen MR) is 93.0 cm³/mol. The molecule has 2 aromatic carbocycles. The molecule has 0 bridgehead atoms. The van der Waals surface area contributed by atoms with Gasteiger partial charge in [0.2, 0.25) is 0 Å². The maximum atomic E-state index is 13.6. The summed E-state index contributed by atoms with van der Waals surface area (Å²) < 4.78 is 45.3. The van der Waals surface area contributed by atoms with E-state index in [4.69, 9.17) is 21.6 Å². The molecule has 0 atom stereocenters. The number of nitrogens with one attached hydrogen (secondary N) is 1. The van der Waals surface area contributed by atoms with Gasteiger partial charge in [0.1, 0.15) is 24.2 Å². The number of nitriles is 1. The molecule has 0 aliphatic carbocycles. The van der Waals surface area contributed by atoms with Gasteiger partial charge in [-0.1, -0.05) is 11.6 Å². The molecule has 0 aliphatic rings. The first-order valence-electron chi connectivity index (χ1n) is 7.25. The van der Waals surface area contributed by atoms with Gasteiger partial charge in [0.05, 0.1) is 0 Å². The SMILES string of the molecule is C=NN/C(C#N)=C(\C)c1cc(Cl)cc(COc2c(F)cc(F)cc2F)c1. The van der Waals surface area contributed by atoms with Crippen molar-refractivity contribution in [2.45, 2.75) is 13.5 Å². The minimum atomic E-state index is -1.14. The average molecular weight is 380 g/mol. The van der Waals surface area contributed by atoms with Crippen molar-refractivity contribution < 1.29 is 17.9 Å². The van der Waals surface area contributed by atoms with Crippen LogP contribution in [0.15, 0.2) is 41.1 Å². The van der Waals surface area contributed by atoms with E-state index in [-0.39, 0.29) is 12.3 Å². The van der Waals surface area contributed by atoms with Crippen LogP contribution in [0.25, 0.3) is 5.57 Å². The summed E-state index contributed by atoms with van der Waals surface area (Å²) in [4.78, 5) is 0. The highest BCUT2D eigenvalue weighted by molar-refractivity contribution is 6.30. The number of nitrogens with zero attached hydrogens (tertiary/aromatic N) is 2. The Balaban J connectivity index is 2.31. The van der Waals surface area contributed by atoms with Gasteiger partial charge >= 0.3 is 0 Å². The van der Waals surface area contributed by atoms with E-state index >= 15 is 0 Å². The minimum Gasteiger partial charge on any atom is -0.483 e. The Morgan fingerprint density at radius 1 is 1.23 bits per heavy atom. The summed E-state index contributed by atoms with van der Waals surface area (Å²) in [6.07, 6.45) is 0. The van der Waals surface area contributed by atoms with Crippen molar-refractivity contribution in [1.29, 1.82) is 5.26 Å². The van der Waals surface area contributed by atoms with Crippen LogP contribution in [0.5, 0.6) is 5.75 Å². The van der Waals surface area contributed by atoms with Crippen LogP contribution in [-0.4, -0.2) is 6.72 Å². The smallest absolute Gasteiger partial charge is 0.191 e. The highest BCUT2D eigenvalue weighted by Crippen LogP contribution is 2.26. The van der Waals surface area contributed by atoms with Crippen molar-refractivity contribution in [2.75, 3.05) is 0 Å². The average Bonchev–Trinajstić information content (AvgIpc) is 2.57. The molecule has 0 aliphatic heterocycles. The first-order valence-corrected chi connectivity index (χ1v) is 7.63. The molecule has 2 aromatic rings. The van der Waals surface area contributed by atoms with Gasteiger partial charge in [-0.15, -0.1) is 0 Å². The summed E-state index contributed by atoms with van der Waals surface area (Å²) in [5, 5.41) is 12.9. The third-order valence-electron chi connectivity index (χ3n) is 3.41. The van der Waals surface area contributed by atoms with E-state index in [1.54, 1.807) is 25.1 Å². The van der Waals surface area contributed by atoms with Gasteiger partial charge in [-0.3, -0.25) is 5.43 Å². The molecular weight excluding hydrogens is 367 g/mol. The number of ether oxygens (including phenoxy) is 1. The Hall–Kier alpha value is -2.98. The Kier molecular flexibility index (Phi) is 6.26. The first-order chi connectivity index (χ1) is 12.3. The lowest BCUT2D eigenvalue weighted by Gasteiger charge is -2.11. The number of halogens is 4. The summed E-state index contributed by atoms with van der Waals surface area (Å²) in [7, 11) is 0. The van der Waals surface area contributed by atoms with Gasteiger partial charge in [0.25, 0.3) is 0 Å². The van der Waals surface area contributed by atoms with Crippen molar-refractivity contribution >= 4 is 23.9 Å². The molecule has 0 saturated carbocycles. The van der Waals surface area contributed by atoms with Gasteiger partial charge in [-0.05, 0) is 41.8 Å². The van der Waals surface area contributed by atoms with Crippen LogP contribution in [0, 0.1) is 28.8 Å². The second-order valence-electron chi connectivity index (χ2n) is 5.22. The lowest BCUT2D eigenvalue weighted by molar-refractivity contribution is 0.272. The number of rotatable bonds is 6. The van der Waals surface area contributed by atoms with Gasteiger partial charge in [-0.2, -0.15) is 10.4 Å². The van der Waals surface area contributed by atoms with Crippen molar-refractivity contribution in [3.8, 4) is 11.8 Å². The van der Waals surface area contributed by atoms with Gasteiger partial charge in [0.15, 0.2) is 17.4 Å². The molecule has 0 amide bonds. The molecule has 0 unspecified atom stereocenters. The Bertz CT molecular complexity index is 899. The van der Waals surface area contributed by atoms with E-state index in [9.17, 15) is 13.2 Å². The lowest BCUT2D eigenvalue weighted by atomic mass is 10.0. The zero-order chi connectivity index (χ0) is 19.3. The lowest BCUT2D eigenvalue weighted by Crippen LogP contribution is -2.05. The molecule has 0 aromatic heterocycles. The maximum Gasteiger partial charge on any atom is 0.191 e. The topological polar surface area (TPSA) is 57.4 Å². The monoisotopic (exact) mass is 379 g/mol. The number of allylic oxidation sites excluding steroid dienone is 2. The number of hydrogen-bond acceptors (Lipinski definition) is 4. The largest absolute Gasteiger partial charge is 0.483 e. The van der Waals surface area contributed by atoms with Crippen LogP contribution >= 0.6 is 11.6 Å². The molecule has 0 radical (unpaired) electrons. The van der Waals surface area contributed by atoms with Crippen molar-refractivity contribution in [3.63, 3.8) is 0 Å². The summed E-state index contributed by atoms with van der Waals surface area (Å²) in [5.41, 5.74) is 4.27. The van der Waals surface area contributed by atoms with E-state index in [0.29, 0.717) is 33.9 Å². The summed E-state index contributed by atoms with van der Waals surface area (Å²) >= 11 is 6.07. The zero-order valence-electron chi connectivity index (χ0n) is 13.6. The fraction of sp³-hybridized carbons (Fsp3) is 0.111. The number of benzene rings is 2. The first kappa shape index (κ1) is 19.3. The van der Waals surface area contributed by atoms with Crippen LogP contribution in [0.2, 0.25) is 5.02 Å². The molecule has 0 saturated heterocycles. The van der Waals surface area contributed by atoms with E-state index in [1.165, 1.54) is 0 Å². The maximum absolute atomic E-state index is 13.6. The molecule has 2 rings (SSSR count). The van der Waals surface area contributed by atoms with E-state index in [2.05, 4.69) is 17.2 Å². The Morgan fingerprint density at radius 3 is 2.46 bits per heavy atom. The van der Waals surface area contributed by atoms with Crippen LogP contribution < -0.4 is 10.2 Å². The van der Waals surface area contributed by atoms with E-state index in [1.807, 2.05) is 6.07 Å². The third-order valence-corrected chi connectivity index (χ3v) is 3.63. The molecule has 8 heteroatoms. The summed E-state index contributed by atoms with van der Waals surface area (Å²) in [6.45, 7) is 4.72. The number of hydrazone groups is 1. The van der Waals surface area contributed by atoms with Crippen LogP contribution in [0.1, 0.15) is 18.1 Å². The minimum absolute atomic E-state index is 0.171. The second kappa shape index (κ2) is 8.41. The van der Waals surface area contributed by atoms with Crippen LogP contribution in [0.4, 0.5) is 13.2 Å². The molecule has 4 nitrogen and oxygen atoms in total. The quantitative estimate of drug-likeness (QED) is 0.445. The molecule has 26 heavy (non-hydrogen) atoms. The molecular formula is C18H13ClF3N3O. The summed E-state index contributed by atoms with van der Waals surface area (Å²) in [6, 6.07) is 7.80. The summed E-state index contributed by atoms with van der Waals surface area (Å²) in [5.74, 6) is -4.01. The van der Waals surface area contributed by atoms with Crippen molar-refractivity contribution in [3.05, 3.63) is 69.6 Å². The van der Waals surface area contributed by atoms with Gasteiger partial charge in [0, 0.05) is 23.9 Å². The highest BCUT2D eigenvalue weighted by Gasteiger charge is 2.14. The number of hydrogen-bond donors (Lipinski definition) is 1. The predicted octanol–water partition coefficient (Wildman–Crippen LogP) is 4.80.